The summed E-state index contributed by atoms with van der Waals surface area (Å²) in [6, 6.07) is 16.8. The lowest BCUT2D eigenvalue weighted by molar-refractivity contribution is 0.0950. The van der Waals surface area contributed by atoms with Crippen LogP contribution in [0.5, 0.6) is 0 Å². The fraction of sp³-hybridized carbons (Fsp3) is 0.381. The number of benzene rings is 2. The third kappa shape index (κ3) is 4.84. The Morgan fingerprint density at radius 2 is 1.86 bits per heavy atom. The molecule has 2 aromatic carbocycles. The van der Waals surface area contributed by atoms with Gasteiger partial charge in [-0.05, 0) is 42.7 Å². The Hall–Kier alpha value is -2.54. The summed E-state index contributed by atoms with van der Waals surface area (Å²) in [5.74, 6) is 0.269. The van der Waals surface area contributed by atoms with Gasteiger partial charge in [0.1, 0.15) is 0 Å². The average Bonchev–Trinajstić information content (AvgIpc) is 3.04. The standard InChI is InChI=1S/C21H27N3O3S/c1-16(2)20(23-18-9-4-3-5-10-18)15-22-21(25)17-8-6-11-19(14-17)24-12-7-13-28(24,26)27/h3-6,8-11,14,16,20,23H,7,12-13,15H2,1-2H3,(H,22,25). The first kappa shape index (κ1) is 20.2. The van der Waals surface area contributed by atoms with E-state index in [1.165, 1.54) is 4.31 Å². The molecule has 0 radical (unpaired) electrons. The quantitative estimate of drug-likeness (QED) is 0.747. The Bertz CT molecular complexity index is 914. The zero-order valence-electron chi connectivity index (χ0n) is 16.3. The molecule has 28 heavy (non-hydrogen) atoms. The van der Waals surface area contributed by atoms with Crippen molar-refractivity contribution >= 4 is 27.3 Å². The number of nitrogens with one attached hydrogen (secondary N) is 2. The molecule has 0 aromatic heterocycles. The van der Waals surface area contributed by atoms with Gasteiger partial charge in [0.15, 0.2) is 0 Å². The molecule has 1 saturated heterocycles. The van der Waals surface area contributed by atoms with Crippen LogP contribution in [0.2, 0.25) is 0 Å². The van der Waals surface area contributed by atoms with Crippen LogP contribution in [0.15, 0.2) is 54.6 Å². The molecule has 0 saturated carbocycles. The van der Waals surface area contributed by atoms with Crippen molar-refractivity contribution in [2.75, 3.05) is 28.5 Å². The van der Waals surface area contributed by atoms with Crippen molar-refractivity contribution in [3.05, 3.63) is 60.2 Å². The van der Waals surface area contributed by atoms with Crippen LogP contribution in [0, 0.1) is 5.92 Å². The van der Waals surface area contributed by atoms with Crippen molar-refractivity contribution in [3.8, 4) is 0 Å². The van der Waals surface area contributed by atoms with Gasteiger partial charge in [0, 0.05) is 30.4 Å². The van der Waals surface area contributed by atoms with Gasteiger partial charge in [-0.15, -0.1) is 0 Å². The molecule has 2 aromatic rings. The van der Waals surface area contributed by atoms with E-state index in [1.54, 1.807) is 24.3 Å². The summed E-state index contributed by atoms with van der Waals surface area (Å²) >= 11 is 0. The fourth-order valence-corrected chi connectivity index (χ4v) is 4.79. The first-order chi connectivity index (χ1) is 13.4. The molecule has 0 spiro atoms. The van der Waals surface area contributed by atoms with E-state index in [2.05, 4.69) is 24.5 Å². The number of carbonyl (C=O) groups excluding carboxylic acids is 1. The smallest absolute Gasteiger partial charge is 0.251 e. The number of carbonyl (C=O) groups is 1. The molecule has 3 rings (SSSR count). The van der Waals surface area contributed by atoms with E-state index in [1.807, 2.05) is 30.3 Å². The van der Waals surface area contributed by atoms with Crippen LogP contribution in [-0.2, 0) is 10.0 Å². The van der Waals surface area contributed by atoms with E-state index in [-0.39, 0.29) is 17.7 Å². The average molecular weight is 402 g/mol. The van der Waals surface area contributed by atoms with Crippen LogP contribution in [0.4, 0.5) is 11.4 Å². The molecule has 1 unspecified atom stereocenters. The molecule has 1 aliphatic heterocycles. The van der Waals surface area contributed by atoms with Gasteiger partial charge in [0.25, 0.3) is 5.91 Å². The van der Waals surface area contributed by atoms with Crippen LogP contribution in [0.3, 0.4) is 0 Å². The lowest BCUT2D eigenvalue weighted by atomic mass is 10.0. The number of sulfonamides is 1. The molecular formula is C21H27N3O3S. The van der Waals surface area contributed by atoms with E-state index in [0.717, 1.165) is 5.69 Å². The topological polar surface area (TPSA) is 78.5 Å². The summed E-state index contributed by atoms with van der Waals surface area (Å²) in [5.41, 5.74) is 2.02. The van der Waals surface area contributed by atoms with E-state index >= 15 is 0 Å². The second-order valence-corrected chi connectivity index (χ2v) is 9.38. The van der Waals surface area contributed by atoms with Crippen molar-refractivity contribution in [3.63, 3.8) is 0 Å². The highest BCUT2D eigenvalue weighted by Crippen LogP contribution is 2.24. The number of anilines is 2. The fourth-order valence-electron chi connectivity index (χ4n) is 3.24. The minimum atomic E-state index is -3.26. The van der Waals surface area contributed by atoms with Gasteiger partial charge in [0.05, 0.1) is 11.4 Å². The molecule has 7 heteroatoms. The molecular weight excluding hydrogens is 374 g/mol. The first-order valence-corrected chi connectivity index (χ1v) is 11.2. The number of para-hydroxylation sites is 1. The Kier molecular flexibility index (Phi) is 6.24. The van der Waals surface area contributed by atoms with Gasteiger partial charge in [-0.3, -0.25) is 9.10 Å². The van der Waals surface area contributed by atoms with Gasteiger partial charge in [-0.1, -0.05) is 38.1 Å². The van der Waals surface area contributed by atoms with E-state index in [0.29, 0.717) is 36.7 Å². The second kappa shape index (κ2) is 8.65. The summed E-state index contributed by atoms with van der Waals surface area (Å²) in [7, 11) is -3.26. The van der Waals surface area contributed by atoms with Gasteiger partial charge in [-0.25, -0.2) is 8.42 Å². The second-order valence-electron chi connectivity index (χ2n) is 7.36. The maximum Gasteiger partial charge on any atom is 0.251 e. The lowest BCUT2D eigenvalue weighted by Crippen LogP contribution is -2.39. The summed E-state index contributed by atoms with van der Waals surface area (Å²) in [4.78, 5) is 12.6. The third-order valence-corrected chi connectivity index (χ3v) is 6.78. The number of amides is 1. The number of hydrogen-bond donors (Lipinski definition) is 2. The highest BCUT2D eigenvalue weighted by atomic mass is 32.2. The van der Waals surface area contributed by atoms with Crippen LogP contribution in [0.1, 0.15) is 30.6 Å². The van der Waals surface area contributed by atoms with Crippen molar-refractivity contribution in [1.82, 2.24) is 5.32 Å². The Labute approximate surface area is 167 Å². The molecule has 1 aliphatic rings. The molecule has 1 amide bonds. The predicted molar refractivity (Wildman–Crippen MR) is 113 cm³/mol. The van der Waals surface area contributed by atoms with Crippen LogP contribution in [0.25, 0.3) is 0 Å². The molecule has 2 N–H and O–H groups in total. The third-order valence-electron chi connectivity index (χ3n) is 4.91. The number of rotatable bonds is 7. The molecule has 0 bridgehead atoms. The molecule has 1 fully saturated rings. The van der Waals surface area contributed by atoms with Crippen molar-refractivity contribution < 1.29 is 13.2 Å². The van der Waals surface area contributed by atoms with E-state index in [9.17, 15) is 13.2 Å². The van der Waals surface area contributed by atoms with E-state index in [4.69, 9.17) is 0 Å². The summed E-state index contributed by atoms with van der Waals surface area (Å²) in [6.07, 6.45) is 0.611. The summed E-state index contributed by atoms with van der Waals surface area (Å²) in [6.45, 7) is 5.14. The van der Waals surface area contributed by atoms with E-state index < -0.39 is 10.0 Å². The minimum Gasteiger partial charge on any atom is -0.380 e. The Balaban J connectivity index is 1.66. The largest absolute Gasteiger partial charge is 0.380 e. The van der Waals surface area contributed by atoms with Crippen LogP contribution >= 0.6 is 0 Å². The van der Waals surface area contributed by atoms with Crippen LogP contribution < -0.4 is 14.9 Å². The molecule has 1 atom stereocenters. The van der Waals surface area contributed by atoms with Crippen molar-refractivity contribution in [1.29, 1.82) is 0 Å². The first-order valence-electron chi connectivity index (χ1n) is 9.57. The highest BCUT2D eigenvalue weighted by Gasteiger charge is 2.28. The molecule has 1 heterocycles. The van der Waals surface area contributed by atoms with Gasteiger partial charge in [0.2, 0.25) is 10.0 Å². The maximum atomic E-state index is 12.6. The van der Waals surface area contributed by atoms with Crippen molar-refractivity contribution in [2.24, 2.45) is 5.92 Å². The summed E-state index contributed by atoms with van der Waals surface area (Å²) in [5, 5.41) is 6.42. The number of hydrogen-bond acceptors (Lipinski definition) is 4. The molecule has 6 nitrogen and oxygen atoms in total. The summed E-state index contributed by atoms with van der Waals surface area (Å²) < 4.78 is 25.6. The highest BCUT2D eigenvalue weighted by molar-refractivity contribution is 7.93. The Morgan fingerprint density at radius 3 is 2.50 bits per heavy atom. The maximum absolute atomic E-state index is 12.6. The Morgan fingerprint density at radius 1 is 1.11 bits per heavy atom. The lowest BCUT2D eigenvalue weighted by Gasteiger charge is -2.24. The molecule has 0 aliphatic carbocycles. The van der Waals surface area contributed by atoms with Gasteiger partial charge in [-0.2, -0.15) is 0 Å². The monoisotopic (exact) mass is 401 g/mol. The zero-order chi connectivity index (χ0) is 20.1. The molecule has 150 valence electrons. The van der Waals surface area contributed by atoms with Crippen LogP contribution in [-0.4, -0.2) is 39.2 Å². The van der Waals surface area contributed by atoms with Gasteiger partial charge < -0.3 is 10.6 Å². The normalized spacial score (nSPS) is 16.8. The van der Waals surface area contributed by atoms with Crippen molar-refractivity contribution in [2.45, 2.75) is 26.3 Å². The van der Waals surface area contributed by atoms with Gasteiger partial charge >= 0.3 is 0 Å². The zero-order valence-corrected chi connectivity index (χ0v) is 17.1. The SMILES string of the molecule is CC(C)C(CNC(=O)c1cccc(N2CCCS2(=O)=O)c1)Nc1ccccc1. The number of nitrogens with zero attached hydrogens (tertiary/aromatic N) is 1. The predicted octanol–water partition coefficient (Wildman–Crippen LogP) is 3.09. The minimum absolute atomic E-state index is 0.0773.